The number of rotatable bonds is 7. The van der Waals surface area contributed by atoms with Crippen LogP contribution in [0.3, 0.4) is 0 Å². The molecule has 5 heterocycles. The van der Waals surface area contributed by atoms with E-state index >= 15 is 0 Å². The molecular formula is C24H24N6O3S. The van der Waals surface area contributed by atoms with Crippen LogP contribution in [0.15, 0.2) is 58.2 Å². The molecule has 3 aromatic rings. The summed E-state index contributed by atoms with van der Waals surface area (Å²) in [4.78, 5) is 39.3. The topological polar surface area (TPSA) is 113 Å². The number of imide groups is 1. The van der Waals surface area contributed by atoms with Crippen LogP contribution in [-0.4, -0.2) is 45.7 Å². The van der Waals surface area contributed by atoms with E-state index in [1.165, 1.54) is 0 Å². The van der Waals surface area contributed by atoms with Crippen molar-refractivity contribution in [1.82, 2.24) is 25.6 Å². The van der Waals surface area contributed by atoms with E-state index in [-0.39, 0.29) is 11.1 Å². The SMILES string of the molecule is O=C1NC(=O)/C(=C/c2ccnc(N3CCC(CNCc4cccc(-c5ccco5)n4)CC3)n2)S1. The second-order valence-electron chi connectivity index (χ2n) is 8.19. The monoisotopic (exact) mass is 476 g/mol. The Labute approximate surface area is 201 Å². The van der Waals surface area contributed by atoms with Crippen molar-refractivity contribution in [2.75, 3.05) is 24.5 Å². The van der Waals surface area contributed by atoms with E-state index in [1.54, 1.807) is 24.6 Å². The minimum absolute atomic E-state index is 0.351. The molecule has 0 unspecified atom stereocenters. The van der Waals surface area contributed by atoms with Gasteiger partial charge in [0.2, 0.25) is 5.95 Å². The minimum Gasteiger partial charge on any atom is -0.463 e. The van der Waals surface area contributed by atoms with Crippen molar-refractivity contribution in [3.63, 3.8) is 0 Å². The number of amides is 2. The van der Waals surface area contributed by atoms with Crippen molar-refractivity contribution in [3.8, 4) is 11.5 Å². The molecule has 2 fully saturated rings. The maximum absolute atomic E-state index is 11.8. The molecule has 174 valence electrons. The molecule has 0 bridgehead atoms. The van der Waals surface area contributed by atoms with E-state index in [1.807, 2.05) is 30.3 Å². The molecule has 5 rings (SSSR count). The summed E-state index contributed by atoms with van der Waals surface area (Å²) in [6.07, 6.45) is 7.04. The third kappa shape index (κ3) is 5.35. The maximum Gasteiger partial charge on any atom is 0.290 e. The summed E-state index contributed by atoms with van der Waals surface area (Å²) >= 11 is 0.888. The van der Waals surface area contributed by atoms with Gasteiger partial charge < -0.3 is 14.6 Å². The number of pyridine rings is 1. The Morgan fingerprint density at radius 1 is 1.15 bits per heavy atom. The average Bonchev–Trinajstić information content (AvgIpc) is 3.50. The van der Waals surface area contributed by atoms with Crippen LogP contribution in [0, 0.1) is 5.92 Å². The second kappa shape index (κ2) is 10.2. The first-order valence-electron chi connectivity index (χ1n) is 11.2. The number of carbonyl (C=O) groups excluding carboxylic acids is 2. The molecule has 2 saturated heterocycles. The molecule has 10 heteroatoms. The Balaban J connectivity index is 1.11. The normalized spacial score (nSPS) is 18.0. The van der Waals surface area contributed by atoms with E-state index in [0.29, 0.717) is 29.0 Å². The summed E-state index contributed by atoms with van der Waals surface area (Å²) in [6.45, 7) is 3.37. The van der Waals surface area contributed by atoms with Crippen LogP contribution in [0.2, 0.25) is 0 Å². The van der Waals surface area contributed by atoms with Gasteiger partial charge in [-0.3, -0.25) is 14.9 Å². The third-order valence-electron chi connectivity index (χ3n) is 5.80. The number of hydrogen-bond donors (Lipinski definition) is 2. The number of thioether (sulfide) groups is 1. The lowest BCUT2D eigenvalue weighted by Gasteiger charge is -2.32. The molecule has 2 aliphatic rings. The van der Waals surface area contributed by atoms with Gasteiger partial charge in [0.15, 0.2) is 5.76 Å². The van der Waals surface area contributed by atoms with Gasteiger partial charge in [0, 0.05) is 25.8 Å². The summed E-state index contributed by atoms with van der Waals surface area (Å²) in [5.41, 5.74) is 2.45. The van der Waals surface area contributed by atoms with Crippen LogP contribution in [0.4, 0.5) is 10.7 Å². The summed E-state index contributed by atoms with van der Waals surface area (Å²) < 4.78 is 5.44. The number of nitrogens with one attached hydrogen (secondary N) is 2. The van der Waals surface area contributed by atoms with Gasteiger partial charge in [-0.25, -0.2) is 15.0 Å². The van der Waals surface area contributed by atoms with E-state index in [2.05, 4.69) is 30.5 Å². The van der Waals surface area contributed by atoms with Gasteiger partial charge in [-0.15, -0.1) is 0 Å². The summed E-state index contributed by atoms with van der Waals surface area (Å²) in [7, 11) is 0. The molecule has 0 aliphatic carbocycles. The number of aromatic nitrogens is 3. The molecule has 0 spiro atoms. The first kappa shape index (κ1) is 22.3. The zero-order valence-corrected chi connectivity index (χ0v) is 19.3. The van der Waals surface area contributed by atoms with Crippen molar-refractivity contribution in [3.05, 3.63) is 65.2 Å². The molecule has 3 aromatic heterocycles. The highest BCUT2D eigenvalue weighted by atomic mass is 32.2. The van der Waals surface area contributed by atoms with Crippen molar-refractivity contribution in [2.45, 2.75) is 19.4 Å². The Kier molecular flexibility index (Phi) is 6.68. The molecule has 0 atom stereocenters. The van der Waals surface area contributed by atoms with Crippen LogP contribution in [0.25, 0.3) is 17.5 Å². The zero-order valence-electron chi connectivity index (χ0n) is 18.4. The van der Waals surface area contributed by atoms with Gasteiger partial charge in [-0.2, -0.15) is 0 Å². The van der Waals surface area contributed by atoms with Crippen molar-refractivity contribution < 1.29 is 14.0 Å². The highest BCUT2D eigenvalue weighted by Gasteiger charge is 2.25. The average molecular weight is 477 g/mol. The fourth-order valence-electron chi connectivity index (χ4n) is 4.03. The molecule has 9 nitrogen and oxygen atoms in total. The van der Waals surface area contributed by atoms with Crippen molar-refractivity contribution >= 4 is 34.9 Å². The number of piperidine rings is 1. The van der Waals surface area contributed by atoms with Crippen molar-refractivity contribution in [2.24, 2.45) is 5.92 Å². The molecule has 34 heavy (non-hydrogen) atoms. The van der Waals surface area contributed by atoms with Gasteiger partial charge in [0.1, 0.15) is 5.69 Å². The number of hydrogen-bond acceptors (Lipinski definition) is 9. The molecule has 0 saturated carbocycles. The number of carbonyl (C=O) groups is 2. The maximum atomic E-state index is 11.8. The lowest BCUT2D eigenvalue weighted by atomic mass is 9.97. The first-order valence-corrected chi connectivity index (χ1v) is 12.0. The van der Waals surface area contributed by atoms with E-state index in [0.717, 1.165) is 61.4 Å². The number of furan rings is 1. The summed E-state index contributed by atoms with van der Waals surface area (Å²) in [5.74, 6) is 1.61. The van der Waals surface area contributed by atoms with E-state index < -0.39 is 0 Å². The largest absolute Gasteiger partial charge is 0.463 e. The third-order valence-corrected chi connectivity index (χ3v) is 6.61. The predicted molar refractivity (Wildman–Crippen MR) is 130 cm³/mol. The van der Waals surface area contributed by atoms with Crippen LogP contribution in [-0.2, 0) is 11.3 Å². The van der Waals surface area contributed by atoms with Crippen LogP contribution >= 0.6 is 11.8 Å². The fourth-order valence-corrected chi connectivity index (χ4v) is 4.70. The molecule has 2 amide bonds. The van der Waals surface area contributed by atoms with Crippen LogP contribution in [0.1, 0.15) is 24.2 Å². The number of nitrogens with zero attached hydrogens (tertiary/aromatic N) is 4. The standard InChI is InChI=1S/C24H24N6O3S/c31-22-21(34-24(32)29-22)13-17-6-9-26-23(28-17)30-10-7-16(8-11-30)14-25-15-18-3-1-4-19(27-18)20-5-2-12-33-20/h1-6,9,12-13,16,25H,7-8,10-11,14-15H2,(H,29,31,32)/b21-13-. The van der Waals surface area contributed by atoms with Crippen LogP contribution in [0.5, 0.6) is 0 Å². The Morgan fingerprint density at radius 3 is 2.79 bits per heavy atom. The Bertz CT molecular complexity index is 1200. The smallest absolute Gasteiger partial charge is 0.290 e. The van der Waals surface area contributed by atoms with Gasteiger partial charge in [-0.1, -0.05) is 6.07 Å². The van der Waals surface area contributed by atoms with E-state index in [9.17, 15) is 9.59 Å². The molecule has 2 N–H and O–H groups in total. The Morgan fingerprint density at radius 2 is 2.03 bits per heavy atom. The Hall–Kier alpha value is -3.50. The predicted octanol–water partition coefficient (Wildman–Crippen LogP) is 3.46. The van der Waals surface area contributed by atoms with Gasteiger partial charge in [0.05, 0.1) is 22.6 Å². The van der Waals surface area contributed by atoms with Crippen LogP contribution < -0.4 is 15.5 Å². The quantitative estimate of drug-likeness (QED) is 0.495. The highest BCUT2D eigenvalue weighted by molar-refractivity contribution is 8.18. The minimum atomic E-state index is -0.383. The van der Waals surface area contributed by atoms with E-state index in [4.69, 9.17) is 4.42 Å². The zero-order chi connectivity index (χ0) is 23.3. The number of anilines is 1. The fraction of sp³-hybridized carbons (Fsp3) is 0.292. The highest BCUT2D eigenvalue weighted by Crippen LogP contribution is 2.26. The molecule has 0 radical (unpaired) electrons. The summed E-state index contributed by atoms with van der Waals surface area (Å²) in [5, 5.41) is 5.43. The first-order chi connectivity index (χ1) is 16.6. The molecular weight excluding hydrogens is 452 g/mol. The van der Waals surface area contributed by atoms with Gasteiger partial charge >= 0.3 is 0 Å². The van der Waals surface area contributed by atoms with Gasteiger partial charge in [0.25, 0.3) is 11.1 Å². The lowest BCUT2D eigenvalue weighted by molar-refractivity contribution is -0.115. The van der Waals surface area contributed by atoms with Crippen molar-refractivity contribution in [1.29, 1.82) is 0 Å². The van der Waals surface area contributed by atoms with Gasteiger partial charge in [-0.05, 0) is 73.5 Å². The second-order valence-corrected chi connectivity index (χ2v) is 9.20. The molecule has 0 aromatic carbocycles. The lowest BCUT2D eigenvalue weighted by Crippen LogP contribution is -2.38. The molecule has 2 aliphatic heterocycles. The summed E-state index contributed by atoms with van der Waals surface area (Å²) in [6, 6.07) is 11.5.